The molecule has 0 aromatic rings. The van der Waals surface area contributed by atoms with Crippen LogP contribution in [0.25, 0.3) is 0 Å². The molecule has 3 heteroatoms. The van der Waals surface area contributed by atoms with E-state index in [1.54, 1.807) is 0 Å². The van der Waals surface area contributed by atoms with Crippen LogP contribution in [-0.4, -0.2) is 31.8 Å². The van der Waals surface area contributed by atoms with Gasteiger partial charge in [0.1, 0.15) is 0 Å². The molecule has 0 amide bonds. The van der Waals surface area contributed by atoms with Crippen molar-refractivity contribution in [3.63, 3.8) is 0 Å². The number of nitrogens with zero attached hydrogens (tertiary/aromatic N) is 1. The predicted molar refractivity (Wildman–Crippen MR) is 51.7 cm³/mol. The number of carbonyl (C=O) groups excluding carboxylic acids is 1. The second-order valence-electron chi connectivity index (χ2n) is 2.66. The van der Waals surface area contributed by atoms with Gasteiger partial charge in [-0.3, -0.25) is 0 Å². The van der Waals surface area contributed by atoms with Crippen molar-refractivity contribution >= 4 is 25.9 Å². The van der Waals surface area contributed by atoms with E-state index in [9.17, 15) is 4.79 Å². The van der Waals surface area contributed by atoms with Gasteiger partial charge in [0.15, 0.2) is 0 Å². The number of ketones is 1. The van der Waals surface area contributed by atoms with Crippen molar-refractivity contribution in [1.82, 2.24) is 3.11 Å². The molecule has 1 saturated heterocycles. The number of carbonyl (C=O) groups is 1. The maximum atomic E-state index is 10.8. The van der Waals surface area contributed by atoms with Crippen LogP contribution in [0.2, 0.25) is 0 Å². The average Bonchev–Trinajstić information content (AvgIpc) is 1.88. The molecular formula is C7H14INO. The van der Waals surface area contributed by atoms with Crippen LogP contribution in [0.5, 0.6) is 0 Å². The van der Waals surface area contributed by atoms with Crippen molar-refractivity contribution in [2.24, 2.45) is 0 Å². The molecule has 1 heterocycles. The van der Waals surface area contributed by atoms with Crippen molar-refractivity contribution < 1.29 is 4.79 Å². The minimum atomic E-state index is -0.752. The molecular weight excluding hydrogens is 241 g/mol. The van der Waals surface area contributed by atoms with Crippen LogP contribution in [0.4, 0.5) is 0 Å². The van der Waals surface area contributed by atoms with Gasteiger partial charge in [-0.1, -0.05) is 0 Å². The van der Waals surface area contributed by atoms with Crippen molar-refractivity contribution in [2.75, 3.05) is 23.0 Å². The molecule has 1 aliphatic rings. The first kappa shape index (κ1) is 8.46. The summed E-state index contributed by atoms with van der Waals surface area (Å²) in [5.74, 6) is 0.453. The standard InChI is InChI=1S/C7H14INO/c1-8(2)9-5-3-7(10)4-6-9/h3-6H2,1-2H3. The van der Waals surface area contributed by atoms with Crippen molar-refractivity contribution in [3.05, 3.63) is 0 Å². The fourth-order valence-electron chi connectivity index (χ4n) is 1.07. The Hall–Kier alpha value is 0.360. The van der Waals surface area contributed by atoms with E-state index in [0.717, 1.165) is 25.9 Å². The molecule has 1 fully saturated rings. The normalized spacial score (nSPS) is 23.0. The molecule has 2 nitrogen and oxygen atoms in total. The van der Waals surface area contributed by atoms with Crippen LogP contribution in [0, 0.1) is 0 Å². The second kappa shape index (κ2) is 3.67. The summed E-state index contributed by atoms with van der Waals surface area (Å²) in [5, 5.41) is 0. The Morgan fingerprint density at radius 1 is 1.30 bits per heavy atom. The molecule has 1 rings (SSSR count). The monoisotopic (exact) mass is 255 g/mol. The third-order valence-electron chi connectivity index (χ3n) is 1.74. The third-order valence-corrected chi connectivity index (χ3v) is 5.44. The molecule has 0 bridgehead atoms. The predicted octanol–water partition coefficient (Wildman–Crippen LogP) is 1.33. The van der Waals surface area contributed by atoms with Gasteiger partial charge in [-0.2, -0.15) is 0 Å². The van der Waals surface area contributed by atoms with Crippen LogP contribution in [0.1, 0.15) is 12.8 Å². The zero-order valence-electron chi connectivity index (χ0n) is 6.56. The maximum absolute atomic E-state index is 10.8. The van der Waals surface area contributed by atoms with Crippen LogP contribution in [0.15, 0.2) is 0 Å². The number of hydrogen-bond acceptors (Lipinski definition) is 2. The van der Waals surface area contributed by atoms with Crippen LogP contribution in [0.3, 0.4) is 0 Å². The van der Waals surface area contributed by atoms with Crippen molar-refractivity contribution in [1.29, 1.82) is 0 Å². The minimum absolute atomic E-state index is 0.453. The number of rotatable bonds is 1. The summed E-state index contributed by atoms with van der Waals surface area (Å²) >= 11 is -0.752. The van der Waals surface area contributed by atoms with E-state index in [0.29, 0.717) is 5.78 Å². The summed E-state index contributed by atoms with van der Waals surface area (Å²) in [6.45, 7) is 2.08. The van der Waals surface area contributed by atoms with Gasteiger partial charge < -0.3 is 0 Å². The van der Waals surface area contributed by atoms with E-state index < -0.39 is 20.1 Å². The molecule has 0 aliphatic carbocycles. The fraction of sp³-hybridized carbons (Fsp3) is 0.857. The number of alkyl halides is 2. The summed E-state index contributed by atoms with van der Waals surface area (Å²) in [5.41, 5.74) is 0. The Morgan fingerprint density at radius 3 is 2.20 bits per heavy atom. The molecule has 10 heavy (non-hydrogen) atoms. The zero-order valence-corrected chi connectivity index (χ0v) is 8.72. The summed E-state index contributed by atoms with van der Waals surface area (Å²) in [6.07, 6.45) is 1.60. The summed E-state index contributed by atoms with van der Waals surface area (Å²) in [6, 6.07) is 0. The van der Waals surface area contributed by atoms with Gasteiger partial charge in [-0.25, -0.2) is 0 Å². The Bertz CT molecular complexity index is 126. The van der Waals surface area contributed by atoms with E-state index in [1.165, 1.54) is 0 Å². The molecule has 0 aromatic carbocycles. The van der Waals surface area contributed by atoms with Crippen LogP contribution >= 0.6 is 20.1 Å². The first-order valence-electron chi connectivity index (χ1n) is 3.47. The quantitative estimate of drug-likeness (QED) is 0.400. The van der Waals surface area contributed by atoms with E-state index in [1.807, 2.05) is 0 Å². The summed E-state index contributed by atoms with van der Waals surface area (Å²) in [4.78, 5) is 15.5. The van der Waals surface area contributed by atoms with Gasteiger partial charge in [-0.15, -0.1) is 0 Å². The Morgan fingerprint density at radius 2 is 1.80 bits per heavy atom. The second-order valence-corrected chi connectivity index (χ2v) is 8.12. The summed E-state index contributed by atoms with van der Waals surface area (Å²) < 4.78 is 2.51. The molecule has 0 spiro atoms. The molecule has 60 valence electrons. The molecule has 0 atom stereocenters. The van der Waals surface area contributed by atoms with Crippen molar-refractivity contribution in [3.8, 4) is 0 Å². The summed E-state index contributed by atoms with van der Waals surface area (Å²) in [7, 11) is 0. The fourth-order valence-corrected chi connectivity index (χ4v) is 3.48. The Labute approximate surface area is 69.7 Å². The molecule has 0 N–H and O–H groups in total. The van der Waals surface area contributed by atoms with E-state index in [-0.39, 0.29) is 0 Å². The van der Waals surface area contributed by atoms with Crippen LogP contribution < -0.4 is 0 Å². The Balaban J connectivity index is 2.33. The number of piperidine rings is 1. The van der Waals surface area contributed by atoms with Crippen molar-refractivity contribution in [2.45, 2.75) is 12.8 Å². The number of Topliss-reactive ketones (excluding diaryl/α,β-unsaturated/α-hetero) is 1. The van der Waals surface area contributed by atoms with E-state index >= 15 is 0 Å². The molecule has 0 unspecified atom stereocenters. The molecule has 0 saturated carbocycles. The van der Waals surface area contributed by atoms with Gasteiger partial charge >= 0.3 is 69.6 Å². The van der Waals surface area contributed by atoms with Crippen LogP contribution in [-0.2, 0) is 4.79 Å². The average molecular weight is 255 g/mol. The SMILES string of the molecule is CI(C)N1CCC(=O)CC1. The van der Waals surface area contributed by atoms with Gasteiger partial charge in [0.25, 0.3) is 0 Å². The first-order valence-corrected chi connectivity index (χ1v) is 8.75. The van der Waals surface area contributed by atoms with E-state index in [2.05, 4.69) is 13.0 Å². The van der Waals surface area contributed by atoms with E-state index in [4.69, 9.17) is 0 Å². The molecule has 0 radical (unpaired) electrons. The zero-order chi connectivity index (χ0) is 7.56. The number of halogens is 1. The first-order chi connectivity index (χ1) is 4.70. The van der Waals surface area contributed by atoms with Gasteiger partial charge in [-0.05, 0) is 0 Å². The third kappa shape index (κ3) is 2.20. The topological polar surface area (TPSA) is 20.3 Å². The van der Waals surface area contributed by atoms with Gasteiger partial charge in [0.2, 0.25) is 0 Å². The molecule has 1 aliphatic heterocycles. The number of hydrogen-bond donors (Lipinski definition) is 0. The Kier molecular flexibility index (Phi) is 3.10. The van der Waals surface area contributed by atoms with Gasteiger partial charge in [0.05, 0.1) is 0 Å². The molecule has 0 aromatic heterocycles. The van der Waals surface area contributed by atoms with Gasteiger partial charge in [0, 0.05) is 0 Å².